The third-order valence-corrected chi connectivity index (χ3v) is 3.59. The summed E-state index contributed by atoms with van der Waals surface area (Å²) in [5.41, 5.74) is 3.26. The molecular weight excluding hydrogens is 253 g/mol. The molecule has 2 atom stereocenters. The average molecular weight is 271 g/mol. The molecule has 104 valence electrons. The maximum Gasteiger partial charge on any atom is 0.123 e. The van der Waals surface area contributed by atoms with Gasteiger partial charge in [-0.25, -0.2) is 4.39 Å². The number of halogens is 1. The number of hydrogen-bond acceptors (Lipinski definition) is 2. The topological polar surface area (TPSA) is 21.3 Å². The highest BCUT2D eigenvalue weighted by Crippen LogP contribution is 2.26. The van der Waals surface area contributed by atoms with Crippen molar-refractivity contribution in [3.05, 3.63) is 59.9 Å². The van der Waals surface area contributed by atoms with E-state index in [1.807, 2.05) is 12.1 Å². The van der Waals surface area contributed by atoms with E-state index in [-0.39, 0.29) is 18.0 Å². The first-order valence-electron chi connectivity index (χ1n) is 6.94. The van der Waals surface area contributed by atoms with Crippen LogP contribution in [0.4, 0.5) is 4.39 Å². The lowest BCUT2D eigenvalue weighted by atomic mass is 10.00. The Hall–Kier alpha value is -1.71. The normalized spacial score (nSPS) is 22.7. The molecule has 1 aliphatic heterocycles. The summed E-state index contributed by atoms with van der Waals surface area (Å²) in [4.78, 5) is 0. The van der Waals surface area contributed by atoms with Crippen LogP contribution in [0.1, 0.15) is 18.6 Å². The molecular formula is C17H18FNO. The van der Waals surface area contributed by atoms with Crippen LogP contribution in [-0.2, 0) is 4.74 Å². The lowest BCUT2D eigenvalue weighted by Crippen LogP contribution is -2.38. The third-order valence-electron chi connectivity index (χ3n) is 3.59. The Morgan fingerprint density at radius 2 is 1.85 bits per heavy atom. The van der Waals surface area contributed by atoms with Crippen molar-refractivity contribution < 1.29 is 9.13 Å². The molecule has 3 rings (SSSR count). The van der Waals surface area contributed by atoms with E-state index in [2.05, 4.69) is 24.4 Å². The first-order valence-corrected chi connectivity index (χ1v) is 6.94. The predicted molar refractivity (Wildman–Crippen MR) is 78.0 cm³/mol. The van der Waals surface area contributed by atoms with Gasteiger partial charge in [-0.05, 0) is 41.8 Å². The maximum absolute atomic E-state index is 13.0. The van der Waals surface area contributed by atoms with Gasteiger partial charge in [0.2, 0.25) is 0 Å². The molecule has 20 heavy (non-hydrogen) atoms. The van der Waals surface area contributed by atoms with Crippen molar-refractivity contribution in [2.24, 2.45) is 0 Å². The van der Waals surface area contributed by atoms with Gasteiger partial charge in [-0.1, -0.05) is 30.3 Å². The Morgan fingerprint density at radius 1 is 1.05 bits per heavy atom. The Labute approximate surface area is 118 Å². The highest BCUT2D eigenvalue weighted by Gasteiger charge is 2.20. The molecule has 0 amide bonds. The Morgan fingerprint density at radius 3 is 2.60 bits per heavy atom. The fourth-order valence-electron chi connectivity index (χ4n) is 2.55. The zero-order valence-electron chi connectivity index (χ0n) is 11.5. The largest absolute Gasteiger partial charge is 0.368 e. The van der Waals surface area contributed by atoms with Crippen LogP contribution < -0.4 is 5.32 Å². The lowest BCUT2D eigenvalue weighted by molar-refractivity contribution is -0.0286. The minimum absolute atomic E-state index is 0.0825. The van der Waals surface area contributed by atoms with E-state index in [1.54, 1.807) is 12.1 Å². The van der Waals surface area contributed by atoms with Crippen LogP contribution in [0.2, 0.25) is 0 Å². The first kappa shape index (κ1) is 13.3. The van der Waals surface area contributed by atoms with Crippen LogP contribution in [0, 0.1) is 5.82 Å². The summed E-state index contributed by atoms with van der Waals surface area (Å²) in [6.45, 7) is 3.80. The van der Waals surface area contributed by atoms with Crippen molar-refractivity contribution in [1.82, 2.24) is 5.32 Å². The van der Waals surface area contributed by atoms with Crippen LogP contribution >= 0.6 is 0 Å². The molecule has 0 saturated carbocycles. The zero-order valence-corrected chi connectivity index (χ0v) is 11.5. The molecule has 0 bridgehead atoms. The van der Waals surface area contributed by atoms with E-state index in [4.69, 9.17) is 4.74 Å². The van der Waals surface area contributed by atoms with E-state index < -0.39 is 0 Å². The Bertz CT molecular complexity index is 582. The summed E-state index contributed by atoms with van der Waals surface area (Å²) in [6.07, 6.45) is 0.308. The van der Waals surface area contributed by atoms with Gasteiger partial charge in [-0.15, -0.1) is 0 Å². The van der Waals surface area contributed by atoms with Crippen LogP contribution in [0.5, 0.6) is 0 Å². The zero-order chi connectivity index (χ0) is 13.9. The SMILES string of the molecule is CC1CNCC(c2cccc(-c3ccc(F)cc3)c2)O1. The number of morpholine rings is 1. The van der Waals surface area contributed by atoms with Gasteiger partial charge in [0.25, 0.3) is 0 Å². The first-order chi connectivity index (χ1) is 9.72. The monoisotopic (exact) mass is 271 g/mol. The van der Waals surface area contributed by atoms with Gasteiger partial charge < -0.3 is 10.1 Å². The summed E-state index contributed by atoms with van der Waals surface area (Å²) >= 11 is 0. The predicted octanol–water partition coefficient (Wildman–Crippen LogP) is 3.54. The summed E-state index contributed by atoms with van der Waals surface area (Å²) < 4.78 is 18.9. The summed E-state index contributed by atoms with van der Waals surface area (Å²) in [5.74, 6) is -0.210. The van der Waals surface area contributed by atoms with Crippen LogP contribution in [-0.4, -0.2) is 19.2 Å². The van der Waals surface area contributed by atoms with Crippen LogP contribution in [0.15, 0.2) is 48.5 Å². The second kappa shape index (κ2) is 5.73. The standard InChI is InChI=1S/C17H18FNO/c1-12-10-19-11-17(20-12)15-4-2-3-14(9-15)13-5-7-16(18)8-6-13/h2-9,12,17,19H,10-11H2,1H3. The van der Waals surface area contributed by atoms with Gasteiger partial charge in [0.05, 0.1) is 12.2 Å². The molecule has 0 spiro atoms. The van der Waals surface area contributed by atoms with Gasteiger partial charge >= 0.3 is 0 Å². The molecule has 1 aliphatic rings. The smallest absolute Gasteiger partial charge is 0.123 e. The summed E-state index contributed by atoms with van der Waals surface area (Å²) in [6, 6.07) is 14.8. The van der Waals surface area contributed by atoms with E-state index in [9.17, 15) is 4.39 Å². The van der Waals surface area contributed by atoms with Crippen molar-refractivity contribution in [2.75, 3.05) is 13.1 Å². The fourth-order valence-corrected chi connectivity index (χ4v) is 2.55. The second-order valence-corrected chi connectivity index (χ2v) is 5.23. The van der Waals surface area contributed by atoms with Crippen molar-refractivity contribution in [2.45, 2.75) is 19.1 Å². The average Bonchev–Trinajstić information content (AvgIpc) is 2.48. The van der Waals surface area contributed by atoms with E-state index in [0.29, 0.717) is 0 Å². The Kier molecular flexibility index (Phi) is 3.81. The lowest BCUT2D eigenvalue weighted by Gasteiger charge is -2.29. The number of benzene rings is 2. The van der Waals surface area contributed by atoms with Crippen molar-refractivity contribution in [3.63, 3.8) is 0 Å². The van der Waals surface area contributed by atoms with Crippen molar-refractivity contribution >= 4 is 0 Å². The minimum atomic E-state index is -0.210. The molecule has 2 aromatic carbocycles. The molecule has 0 radical (unpaired) electrons. The number of rotatable bonds is 2. The van der Waals surface area contributed by atoms with Gasteiger partial charge in [0.15, 0.2) is 0 Å². The van der Waals surface area contributed by atoms with E-state index in [1.165, 1.54) is 12.1 Å². The van der Waals surface area contributed by atoms with Gasteiger partial charge in [0, 0.05) is 13.1 Å². The molecule has 1 N–H and O–H groups in total. The molecule has 2 nitrogen and oxygen atoms in total. The van der Waals surface area contributed by atoms with E-state index >= 15 is 0 Å². The molecule has 3 heteroatoms. The van der Waals surface area contributed by atoms with Crippen LogP contribution in [0.25, 0.3) is 11.1 Å². The van der Waals surface area contributed by atoms with Crippen molar-refractivity contribution in [3.8, 4) is 11.1 Å². The van der Waals surface area contributed by atoms with Gasteiger partial charge in [0.1, 0.15) is 5.82 Å². The molecule has 2 unspecified atom stereocenters. The molecule has 0 aliphatic carbocycles. The number of nitrogens with one attached hydrogen (secondary N) is 1. The van der Waals surface area contributed by atoms with Crippen LogP contribution in [0.3, 0.4) is 0 Å². The summed E-state index contributed by atoms with van der Waals surface area (Å²) in [7, 11) is 0. The number of hydrogen-bond donors (Lipinski definition) is 1. The summed E-state index contributed by atoms with van der Waals surface area (Å²) in [5, 5.41) is 3.38. The minimum Gasteiger partial charge on any atom is -0.368 e. The highest BCUT2D eigenvalue weighted by atomic mass is 19.1. The Balaban J connectivity index is 1.87. The highest BCUT2D eigenvalue weighted by molar-refractivity contribution is 5.64. The van der Waals surface area contributed by atoms with Crippen molar-refractivity contribution in [1.29, 1.82) is 0 Å². The quantitative estimate of drug-likeness (QED) is 0.902. The maximum atomic E-state index is 13.0. The molecule has 0 aromatic heterocycles. The van der Waals surface area contributed by atoms with Gasteiger partial charge in [-0.3, -0.25) is 0 Å². The molecule has 1 fully saturated rings. The van der Waals surface area contributed by atoms with Gasteiger partial charge in [-0.2, -0.15) is 0 Å². The molecule has 1 heterocycles. The van der Waals surface area contributed by atoms with E-state index in [0.717, 1.165) is 29.8 Å². The fraction of sp³-hybridized carbons (Fsp3) is 0.294. The second-order valence-electron chi connectivity index (χ2n) is 5.23. The number of ether oxygens (including phenoxy) is 1. The molecule has 2 aromatic rings. The molecule has 1 saturated heterocycles. The third kappa shape index (κ3) is 2.89.